The summed E-state index contributed by atoms with van der Waals surface area (Å²) in [5, 5.41) is 2.12. The first-order valence-electron chi connectivity index (χ1n) is 6.14. The number of carbonyl (C=O) groups is 1. The summed E-state index contributed by atoms with van der Waals surface area (Å²) in [5.41, 5.74) is 14.4. The van der Waals surface area contributed by atoms with E-state index in [2.05, 4.69) is 16.3 Å². The van der Waals surface area contributed by atoms with Crippen LogP contribution < -0.4 is 16.4 Å². The Labute approximate surface area is 115 Å². The zero-order valence-electron chi connectivity index (χ0n) is 10.4. The molecule has 1 aliphatic rings. The number of thiophene rings is 1. The molecule has 1 amide bonds. The van der Waals surface area contributed by atoms with E-state index in [4.69, 9.17) is 11.5 Å². The van der Waals surface area contributed by atoms with Gasteiger partial charge in [0.15, 0.2) is 0 Å². The molecule has 0 unspecified atom stereocenters. The SMILES string of the molecule is NC(=O)c1cc(N)ccc1N1CCc2sccc2C1. The Morgan fingerprint density at radius 2 is 2.16 bits per heavy atom. The van der Waals surface area contributed by atoms with Gasteiger partial charge in [-0.3, -0.25) is 4.79 Å². The number of fused-ring (bicyclic) bond motifs is 1. The van der Waals surface area contributed by atoms with Gasteiger partial charge in [-0.2, -0.15) is 0 Å². The molecule has 0 spiro atoms. The van der Waals surface area contributed by atoms with E-state index >= 15 is 0 Å². The number of rotatable bonds is 2. The molecule has 0 atom stereocenters. The van der Waals surface area contributed by atoms with Crippen LogP contribution in [0.4, 0.5) is 11.4 Å². The minimum absolute atomic E-state index is 0.432. The van der Waals surface area contributed by atoms with Crippen molar-refractivity contribution in [3.8, 4) is 0 Å². The van der Waals surface area contributed by atoms with Crippen molar-refractivity contribution < 1.29 is 4.79 Å². The quantitative estimate of drug-likeness (QED) is 0.822. The molecule has 0 aliphatic carbocycles. The number of nitrogen functional groups attached to an aromatic ring is 1. The van der Waals surface area contributed by atoms with Crippen LogP contribution in [0.1, 0.15) is 20.8 Å². The van der Waals surface area contributed by atoms with Crippen molar-refractivity contribution in [2.45, 2.75) is 13.0 Å². The van der Waals surface area contributed by atoms with Gasteiger partial charge in [0.25, 0.3) is 5.91 Å². The third-order valence-electron chi connectivity index (χ3n) is 3.43. The highest BCUT2D eigenvalue weighted by Gasteiger charge is 2.21. The van der Waals surface area contributed by atoms with Gasteiger partial charge in [0.05, 0.1) is 5.56 Å². The van der Waals surface area contributed by atoms with Crippen LogP contribution in [0.3, 0.4) is 0 Å². The van der Waals surface area contributed by atoms with Crippen LogP contribution in [0.5, 0.6) is 0 Å². The van der Waals surface area contributed by atoms with E-state index in [9.17, 15) is 4.79 Å². The van der Waals surface area contributed by atoms with Crippen molar-refractivity contribution in [3.63, 3.8) is 0 Å². The van der Waals surface area contributed by atoms with Crippen molar-refractivity contribution in [2.75, 3.05) is 17.2 Å². The first kappa shape index (κ1) is 12.0. The molecule has 98 valence electrons. The van der Waals surface area contributed by atoms with Crippen LogP contribution in [-0.2, 0) is 13.0 Å². The number of benzene rings is 1. The fourth-order valence-corrected chi connectivity index (χ4v) is 3.37. The summed E-state index contributed by atoms with van der Waals surface area (Å²) < 4.78 is 0. The van der Waals surface area contributed by atoms with E-state index in [1.165, 1.54) is 10.4 Å². The fourth-order valence-electron chi connectivity index (χ4n) is 2.48. The molecule has 1 aromatic heterocycles. The second kappa shape index (κ2) is 4.59. The summed E-state index contributed by atoms with van der Waals surface area (Å²) >= 11 is 1.80. The Morgan fingerprint density at radius 3 is 2.95 bits per heavy atom. The number of primary amides is 1. The summed E-state index contributed by atoms with van der Waals surface area (Å²) in [6.07, 6.45) is 1.01. The van der Waals surface area contributed by atoms with E-state index in [1.807, 2.05) is 12.1 Å². The Balaban J connectivity index is 1.98. The summed E-state index contributed by atoms with van der Waals surface area (Å²) in [6, 6.07) is 7.49. The van der Waals surface area contributed by atoms with Crippen molar-refractivity contribution in [2.24, 2.45) is 5.73 Å². The predicted molar refractivity (Wildman–Crippen MR) is 78.4 cm³/mol. The molecule has 0 saturated heterocycles. The molecular formula is C14H15N3OS. The van der Waals surface area contributed by atoms with Crippen molar-refractivity contribution >= 4 is 28.6 Å². The second-order valence-corrected chi connectivity index (χ2v) is 5.68. The largest absolute Gasteiger partial charge is 0.399 e. The van der Waals surface area contributed by atoms with Crippen LogP contribution in [0.15, 0.2) is 29.6 Å². The molecule has 0 saturated carbocycles. The molecule has 2 aromatic rings. The molecule has 3 rings (SSSR count). The monoisotopic (exact) mass is 273 g/mol. The average molecular weight is 273 g/mol. The van der Waals surface area contributed by atoms with Gasteiger partial charge < -0.3 is 16.4 Å². The lowest BCUT2D eigenvalue weighted by Gasteiger charge is -2.30. The van der Waals surface area contributed by atoms with Gasteiger partial charge in [-0.15, -0.1) is 11.3 Å². The van der Waals surface area contributed by atoms with E-state index in [1.54, 1.807) is 17.4 Å². The van der Waals surface area contributed by atoms with Crippen molar-refractivity contribution in [3.05, 3.63) is 45.6 Å². The smallest absolute Gasteiger partial charge is 0.250 e. The number of amides is 1. The molecule has 0 radical (unpaired) electrons. The Morgan fingerprint density at radius 1 is 1.32 bits per heavy atom. The van der Waals surface area contributed by atoms with Gasteiger partial charge in [0.1, 0.15) is 0 Å². The maximum absolute atomic E-state index is 11.6. The minimum atomic E-state index is -0.432. The molecule has 1 aliphatic heterocycles. The summed E-state index contributed by atoms with van der Waals surface area (Å²) in [4.78, 5) is 15.2. The summed E-state index contributed by atoms with van der Waals surface area (Å²) in [5.74, 6) is -0.432. The highest BCUT2D eigenvalue weighted by Crippen LogP contribution is 2.30. The van der Waals surface area contributed by atoms with Gasteiger partial charge in [-0.05, 0) is 41.6 Å². The normalized spacial score (nSPS) is 14.2. The molecule has 19 heavy (non-hydrogen) atoms. The molecule has 1 aromatic carbocycles. The van der Waals surface area contributed by atoms with Crippen LogP contribution in [0.2, 0.25) is 0 Å². The second-order valence-electron chi connectivity index (χ2n) is 4.68. The maximum Gasteiger partial charge on any atom is 0.250 e. The lowest BCUT2D eigenvalue weighted by Crippen LogP contribution is -2.31. The van der Waals surface area contributed by atoms with E-state index in [0.29, 0.717) is 11.3 Å². The van der Waals surface area contributed by atoms with Gasteiger partial charge in [0, 0.05) is 29.3 Å². The molecule has 4 nitrogen and oxygen atoms in total. The number of nitrogens with zero attached hydrogens (tertiary/aromatic N) is 1. The van der Waals surface area contributed by atoms with Gasteiger partial charge in [-0.1, -0.05) is 0 Å². The van der Waals surface area contributed by atoms with Crippen molar-refractivity contribution in [1.29, 1.82) is 0 Å². The molecule has 2 heterocycles. The lowest BCUT2D eigenvalue weighted by molar-refractivity contribution is 0.100. The van der Waals surface area contributed by atoms with E-state index in [0.717, 1.165) is 25.2 Å². The van der Waals surface area contributed by atoms with Crippen LogP contribution in [0, 0.1) is 0 Å². The van der Waals surface area contributed by atoms with Crippen molar-refractivity contribution in [1.82, 2.24) is 0 Å². The van der Waals surface area contributed by atoms with Gasteiger partial charge in [-0.25, -0.2) is 0 Å². The lowest BCUT2D eigenvalue weighted by atomic mass is 10.1. The average Bonchev–Trinajstić information content (AvgIpc) is 2.85. The first-order valence-corrected chi connectivity index (χ1v) is 7.02. The zero-order valence-corrected chi connectivity index (χ0v) is 11.2. The highest BCUT2D eigenvalue weighted by atomic mass is 32.1. The van der Waals surface area contributed by atoms with Gasteiger partial charge >= 0.3 is 0 Å². The number of carbonyl (C=O) groups excluding carboxylic acids is 1. The van der Waals surface area contributed by atoms with Crippen LogP contribution >= 0.6 is 11.3 Å². The molecular weight excluding hydrogens is 258 g/mol. The minimum Gasteiger partial charge on any atom is -0.399 e. The Bertz CT molecular complexity index is 635. The number of anilines is 2. The van der Waals surface area contributed by atoms with E-state index in [-0.39, 0.29) is 0 Å². The molecule has 0 fully saturated rings. The molecule has 0 bridgehead atoms. The topological polar surface area (TPSA) is 72.3 Å². The highest BCUT2D eigenvalue weighted by molar-refractivity contribution is 7.10. The first-order chi connectivity index (χ1) is 9.15. The zero-order chi connectivity index (χ0) is 13.4. The van der Waals surface area contributed by atoms with Crippen LogP contribution in [0.25, 0.3) is 0 Å². The predicted octanol–water partition coefficient (Wildman–Crippen LogP) is 1.99. The fraction of sp³-hybridized carbons (Fsp3) is 0.214. The maximum atomic E-state index is 11.6. The molecule has 4 N–H and O–H groups in total. The number of nitrogens with two attached hydrogens (primary N) is 2. The number of hydrogen-bond acceptors (Lipinski definition) is 4. The summed E-state index contributed by atoms with van der Waals surface area (Å²) in [6.45, 7) is 1.72. The van der Waals surface area contributed by atoms with E-state index < -0.39 is 5.91 Å². The Hall–Kier alpha value is -2.01. The third-order valence-corrected chi connectivity index (χ3v) is 4.46. The third kappa shape index (κ3) is 2.17. The number of hydrogen-bond donors (Lipinski definition) is 2. The van der Waals surface area contributed by atoms with Crippen LogP contribution in [-0.4, -0.2) is 12.5 Å². The van der Waals surface area contributed by atoms with Gasteiger partial charge in [0.2, 0.25) is 0 Å². The Kier molecular flexibility index (Phi) is 2.91. The standard InChI is InChI=1S/C14H15N3OS/c15-10-1-2-12(11(7-10)14(16)18)17-5-3-13-9(8-17)4-6-19-13/h1-2,4,6-7H,3,5,8,15H2,(H2,16,18). The summed E-state index contributed by atoms with van der Waals surface area (Å²) in [7, 11) is 0. The molecule has 5 heteroatoms.